The van der Waals surface area contributed by atoms with Crippen LogP contribution >= 0.6 is 0 Å². The van der Waals surface area contributed by atoms with Crippen LogP contribution in [0.1, 0.15) is 13.8 Å². The number of ether oxygens (including phenoxy) is 2. The standard InChI is InChI=1S/C10H14O6/c1-4-16-10(14)9(13)6(2)7(11)5-8(12)15-3/h5-6,11H,4H2,1-3H3/b7-5-. The summed E-state index contributed by atoms with van der Waals surface area (Å²) in [6.45, 7) is 2.91. The zero-order valence-corrected chi connectivity index (χ0v) is 9.35. The van der Waals surface area contributed by atoms with Gasteiger partial charge in [0.25, 0.3) is 0 Å². The Morgan fingerprint density at radius 3 is 2.38 bits per heavy atom. The molecule has 90 valence electrons. The molecule has 16 heavy (non-hydrogen) atoms. The molecule has 0 saturated heterocycles. The van der Waals surface area contributed by atoms with E-state index in [9.17, 15) is 19.5 Å². The van der Waals surface area contributed by atoms with Gasteiger partial charge in [0, 0.05) is 0 Å². The minimum atomic E-state index is -1.13. The van der Waals surface area contributed by atoms with Crippen molar-refractivity contribution in [3.05, 3.63) is 11.8 Å². The van der Waals surface area contributed by atoms with E-state index in [1.54, 1.807) is 6.92 Å². The van der Waals surface area contributed by atoms with Crippen LogP contribution in [0.4, 0.5) is 0 Å². The van der Waals surface area contributed by atoms with Gasteiger partial charge in [-0.1, -0.05) is 0 Å². The van der Waals surface area contributed by atoms with Gasteiger partial charge in [-0.25, -0.2) is 9.59 Å². The number of Topliss-reactive ketones (excluding diaryl/α,β-unsaturated/α-hetero) is 1. The second kappa shape index (κ2) is 6.60. The Balaban J connectivity index is 4.61. The Labute approximate surface area is 92.8 Å². The highest BCUT2D eigenvalue weighted by molar-refractivity contribution is 6.34. The second-order valence-corrected chi connectivity index (χ2v) is 2.90. The molecule has 0 radical (unpaired) electrons. The fourth-order valence-corrected chi connectivity index (χ4v) is 0.818. The van der Waals surface area contributed by atoms with E-state index in [4.69, 9.17) is 0 Å². The molecule has 0 aliphatic rings. The Kier molecular flexibility index (Phi) is 5.84. The van der Waals surface area contributed by atoms with Gasteiger partial charge in [-0.05, 0) is 13.8 Å². The lowest BCUT2D eigenvalue weighted by atomic mass is 10.0. The average molecular weight is 230 g/mol. The number of aliphatic hydroxyl groups is 1. The van der Waals surface area contributed by atoms with Crippen LogP contribution in [0.25, 0.3) is 0 Å². The average Bonchev–Trinajstić information content (AvgIpc) is 2.26. The number of aliphatic hydroxyl groups excluding tert-OH is 1. The van der Waals surface area contributed by atoms with Crippen molar-refractivity contribution in [2.24, 2.45) is 5.92 Å². The van der Waals surface area contributed by atoms with E-state index in [-0.39, 0.29) is 6.61 Å². The first-order chi connectivity index (χ1) is 7.43. The molecule has 0 aromatic heterocycles. The molecule has 0 amide bonds. The highest BCUT2D eigenvalue weighted by atomic mass is 16.5. The Bertz CT molecular complexity index is 317. The number of rotatable bonds is 5. The number of ketones is 1. The van der Waals surface area contributed by atoms with Crippen LogP contribution in [-0.4, -0.2) is 36.5 Å². The van der Waals surface area contributed by atoms with Gasteiger partial charge in [-0.3, -0.25) is 4.79 Å². The first-order valence-corrected chi connectivity index (χ1v) is 4.63. The molecule has 0 aliphatic heterocycles. The van der Waals surface area contributed by atoms with E-state index in [1.165, 1.54) is 6.92 Å². The summed E-state index contributed by atoms with van der Waals surface area (Å²) in [5.74, 6) is -4.43. The minimum Gasteiger partial charge on any atom is -0.511 e. The topological polar surface area (TPSA) is 89.9 Å². The van der Waals surface area contributed by atoms with Gasteiger partial charge in [0.2, 0.25) is 5.78 Å². The predicted molar refractivity (Wildman–Crippen MR) is 53.5 cm³/mol. The smallest absolute Gasteiger partial charge is 0.375 e. The fraction of sp³-hybridized carbons (Fsp3) is 0.500. The van der Waals surface area contributed by atoms with Crippen LogP contribution in [0.2, 0.25) is 0 Å². The molecule has 0 heterocycles. The molecule has 0 bridgehead atoms. The van der Waals surface area contributed by atoms with E-state index in [2.05, 4.69) is 9.47 Å². The van der Waals surface area contributed by atoms with Crippen molar-refractivity contribution in [3.63, 3.8) is 0 Å². The van der Waals surface area contributed by atoms with Gasteiger partial charge < -0.3 is 14.6 Å². The summed E-state index contributed by atoms with van der Waals surface area (Å²) in [6, 6.07) is 0. The normalized spacial score (nSPS) is 12.8. The van der Waals surface area contributed by atoms with Crippen molar-refractivity contribution < 1.29 is 29.0 Å². The molecule has 0 fully saturated rings. The van der Waals surface area contributed by atoms with Crippen molar-refractivity contribution in [1.29, 1.82) is 0 Å². The monoisotopic (exact) mass is 230 g/mol. The highest BCUT2D eigenvalue weighted by Crippen LogP contribution is 2.09. The molecule has 0 saturated carbocycles. The molecule has 1 atom stereocenters. The van der Waals surface area contributed by atoms with Crippen LogP contribution in [0.3, 0.4) is 0 Å². The van der Waals surface area contributed by atoms with Crippen LogP contribution in [0.5, 0.6) is 0 Å². The molecular formula is C10H14O6. The number of methoxy groups -OCH3 is 1. The van der Waals surface area contributed by atoms with Crippen LogP contribution in [0.15, 0.2) is 11.8 Å². The summed E-state index contributed by atoms with van der Waals surface area (Å²) in [5.41, 5.74) is 0. The van der Waals surface area contributed by atoms with Crippen LogP contribution in [0, 0.1) is 5.92 Å². The summed E-state index contributed by atoms with van der Waals surface area (Å²) in [7, 11) is 1.13. The Morgan fingerprint density at radius 1 is 1.38 bits per heavy atom. The van der Waals surface area contributed by atoms with E-state index < -0.39 is 29.4 Å². The summed E-state index contributed by atoms with van der Waals surface area (Å²) in [4.78, 5) is 33.1. The van der Waals surface area contributed by atoms with Crippen molar-refractivity contribution in [2.45, 2.75) is 13.8 Å². The van der Waals surface area contributed by atoms with Gasteiger partial charge in [0.05, 0.1) is 25.7 Å². The lowest BCUT2D eigenvalue weighted by Gasteiger charge is -2.08. The summed E-state index contributed by atoms with van der Waals surface area (Å²) in [6.07, 6.45) is 0.738. The van der Waals surface area contributed by atoms with Gasteiger partial charge in [0.15, 0.2) is 0 Å². The van der Waals surface area contributed by atoms with Gasteiger partial charge in [-0.2, -0.15) is 0 Å². The highest BCUT2D eigenvalue weighted by Gasteiger charge is 2.26. The molecule has 0 aromatic rings. The number of carbonyl (C=O) groups excluding carboxylic acids is 3. The second-order valence-electron chi connectivity index (χ2n) is 2.90. The maximum atomic E-state index is 11.3. The fourth-order valence-electron chi connectivity index (χ4n) is 0.818. The van der Waals surface area contributed by atoms with Gasteiger partial charge in [0.1, 0.15) is 5.76 Å². The molecule has 0 aliphatic carbocycles. The first-order valence-electron chi connectivity index (χ1n) is 4.63. The Hall–Kier alpha value is -1.85. The molecule has 1 N–H and O–H groups in total. The van der Waals surface area contributed by atoms with Crippen molar-refractivity contribution >= 4 is 17.7 Å². The van der Waals surface area contributed by atoms with Crippen LogP contribution < -0.4 is 0 Å². The summed E-state index contributed by atoms with van der Waals surface area (Å²) in [5, 5.41) is 9.34. The van der Waals surface area contributed by atoms with E-state index >= 15 is 0 Å². The molecule has 0 rings (SSSR count). The van der Waals surface area contributed by atoms with E-state index in [1.807, 2.05) is 0 Å². The van der Waals surface area contributed by atoms with E-state index in [0.717, 1.165) is 13.2 Å². The van der Waals surface area contributed by atoms with E-state index in [0.29, 0.717) is 0 Å². The maximum Gasteiger partial charge on any atom is 0.375 e. The third-order valence-corrected chi connectivity index (χ3v) is 1.78. The van der Waals surface area contributed by atoms with Crippen LogP contribution in [-0.2, 0) is 23.9 Å². The van der Waals surface area contributed by atoms with Crippen molar-refractivity contribution in [3.8, 4) is 0 Å². The zero-order valence-electron chi connectivity index (χ0n) is 9.35. The van der Waals surface area contributed by atoms with Crippen molar-refractivity contribution in [2.75, 3.05) is 13.7 Å². The first kappa shape index (κ1) is 14.2. The predicted octanol–water partition coefficient (Wildman–Crippen LogP) is 0.370. The lowest BCUT2D eigenvalue weighted by Crippen LogP contribution is -2.25. The summed E-state index contributed by atoms with van der Waals surface area (Å²) >= 11 is 0. The van der Waals surface area contributed by atoms with Gasteiger partial charge >= 0.3 is 11.9 Å². The summed E-state index contributed by atoms with van der Waals surface area (Å²) < 4.78 is 8.72. The molecule has 6 heteroatoms. The third kappa shape index (κ3) is 4.12. The van der Waals surface area contributed by atoms with Crippen molar-refractivity contribution in [1.82, 2.24) is 0 Å². The van der Waals surface area contributed by atoms with Gasteiger partial charge in [-0.15, -0.1) is 0 Å². The maximum absolute atomic E-state index is 11.3. The number of esters is 2. The SMILES string of the molecule is CCOC(=O)C(=O)C(C)/C(O)=C/C(=O)OC. The molecular weight excluding hydrogens is 216 g/mol. The number of hydrogen-bond donors (Lipinski definition) is 1. The zero-order chi connectivity index (χ0) is 12.7. The molecule has 0 aromatic carbocycles. The minimum absolute atomic E-state index is 0.0682. The lowest BCUT2D eigenvalue weighted by molar-refractivity contribution is -0.155. The number of hydrogen-bond acceptors (Lipinski definition) is 6. The molecule has 0 spiro atoms. The number of carbonyl (C=O) groups is 3. The molecule has 1 unspecified atom stereocenters. The largest absolute Gasteiger partial charge is 0.511 e. The quantitative estimate of drug-likeness (QED) is 0.317. The third-order valence-electron chi connectivity index (χ3n) is 1.78. The Morgan fingerprint density at radius 2 is 1.94 bits per heavy atom. The number of allylic oxidation sites excluding steroid dienone is 1. The molecule has 6 nitrogen and oxygen atoms in total.